The summed E-state index contributed by atoms with van der Waals surface area (Å²) in [5.74, 6) is 0. The van der Waals surface area contributed by atoms with Crippen molar-refractivity contribution in [2.24, 2.45) is 0 Å². The van der Waals surface area contributed by atoms with E-state index in [0.29, 0.717) is 0 Å². The fourth-order valence-electron chi connectivity index (χ4n) is 0.453. The molecular weight excluding hydrogens is 162 g/mol. The maximum Gasteiger partial charge on any atom is 0.0313 e. The highest BCUT2D eigenvalue weighted by molar-refractivity contribution is 8.08. The molecule has 0 aliphatic carbocycles. The topological polar surface area (TPSA) is 26.0 Å². The molecule has 1 rings (SSSR count). The van der Waals surface area contributed by atoms with Gasteiger partial charge in [-0.15, -0.1) is 12.6 Å². The van der Waals surface area contributed by atoms with Gasteiger partial charge < -0.3 is 5.73 Å². The van der Waals surface area contributed by atoms with E-state index in [2.05, 4.69) is 24.8 Å². The van der Waals surface area contributed by atoms with Crippen molar-refractivity contribution < 1.29 is 0 Å². The summed E-state index contributed by atoms with van der Waals surface area (Å²) < 4.78 is 1.28. The molecule has 0 fully saturated rings. The molecule has 54 valence electrons. The Bertz CT molecular complexity index is 174. The van der Waals surface area contributed by atoms with E-state index in [9.17, 15) is 0 Å². The Morgan fingerprint density at radius 3 is 1.90 bits per heavy atom. The van der Waals surface area contributed by atoms with Crippen molar-refractivity contribution in [3.05, 3.63) is 30.3 Å². The van der Waals surface area contributed by atoms with Gasteiger partial charge >= 0.3 is 0 Å². The van der Waals surface area contributed by atoms with Crippen molar-refractivity contribution in [3.8, 4) is 0 Å². The third-order valence-electron chi connectivity index (χ3n) is 0.800. The zero-order valence-electron chi connectivity index (χ0n) is 5.40. The first-order valence-corrected chi connectivity index (χ1v) is 3.68. The lowest BCUT2D eigenvalue weighted by molar-refractivity contribution is 1.69. The molecule has 0 heterocycles. The minimum atomic E-state index is 0.822. The van der Waals surface area contributed by atoms with Gasteiger partial charge in [0.2, 0.25) is 0 Å². The molecule has 0 unspecified atom stereocenters. The van der Waals surface area contributed by atoms with E-state index < -0.39 is 0 Å². The first-order valence-electron chi connectivity index (χ1n) is 2.69. The Labute approximate surface area is 71.7 Å². The van der Waals surface area contributed by atoms with E-state index in [1.165, 1.54) is 4.70 Å². The maximum absolute atomic E-state index is 5.36. The second-order valence-electron chi connectivity index (χ2n) is 1.52. The molecule has 0 spiro atoms. The van der Waals surface area contributed by atoms with Crippen LogP contribution in [0.25, 0.3) is 0 Å². The van der Waals surface area contributed by atoms with Gasteiger partial charge in [-0.3, -0.25) is 0 Å². The summed E-state index contributed by atoms with van der Waals surface area (Å²) in [6.07, 6.45) is 0. The van der Waals surface area contributed by atoms with Crippen molar-refractivity contribution >= 4 is 35.2 Å². The molecule has 10 heavy (non-hydrogen) atoms. The monoisotopic (exact) mass is 171 g/mol. The minimum Gasteiger partial charge on any atom is -0.399 e. The van der Waals surface area contributed by atoms with Gasteiger partial charge in [0.25, 0.3) is 0 Å². The standard InChI is InChI=1S/C6H7N.CH2S2/c7-6-4-2-1-3-5-6;2-1-3/h1-5H,7H2;1H,(H,2,3). The molecule has 0 aromatic heterocycles. The Hall–Kier alpha value is -0.540. The van der Waals surface area contributed by atoms with E-state index >= 15 is 0 Å². The van der Waals surface area contributed by atoms with E-state index in [0.717, 1.165) is 5.69 Å². The number of thiol groups is 1. The zero-order chi connectivity index (χ0) is 7.82. The van der Waals surface area contributed by atoms with Crippen LogP contribution >= 0.6 is 24.8 Å². The number of nitrogens with two attached hydrogens (primary N) is 1. The van der Waals surface area contributed by atoms with Crippen molar-refractivity contribution in [2.75, 3.05) is 5.73 Å². The Morgan fingerprint density at radius 2 is 1.70 bits per heavy atom. The minimum absolute atomic E-state index is 0.822. The van der Waals surface area contributed by atoms with Crippen LogP contribution in [0, 0.1) is 0 Å². The molecule has 0 saturated carbocycles. The van der Waals surface area contributed by atoms with Gasteiger partial charge in [-0.1, -0.05) is 30.4 Å². The quantitative estimate of drug-likeness (QED) is 0.355. The number of hydrogen-bond acceptors (Lipinski definition) is 2. The molecule has 2 N–H and O–H groups in total. The zero-order valence-corrected chi connectivity index (χ0v) is 7.11. The number of thiocarbonyl (C=S) groups is 1. The van der Waals surface area contributed by atoms with E-state index in [-0.39, 0.29) is 0 Å². The lowest BCUT2D eigenvalue weighted by Crippen LogP contribution is -1.79. The predicted octanol–water partition coefficient (Wildman–Crippen LogP) is 2.14. The molecule has 0 atom stereocenters. The summed E-state index contributed by atoms with van der Waals surface area (Å²) in [7, 11) is 0. The van der Waals surface area contributed by atoms with Gasteiger partial charge in [-0.05, 0) is 12.1 Å². The number of para-hydroxylation sites is 1. The van der Waals surface area contributed by atoms with Crippen LogP contribution in [-0.4, -0.2) is 4.70 Å². The second-order valence-corrected chi connectivity index (χ2v) is 2.36. The second kappa shape index (κ2) is 6.58. The van der Waals surface area contributed by atoms with Gasteiger partial charge in [-0.25, -0.2) is 0 Å². The third-order valence-corrected chi connectivity index (χ3v) is 0.800. The molecule has 3 heteroatoms. The summed E-state index contributed by atoms with van der Waals surface area (Å²) in [6, 6.07) is 9.49. The van der Waals surface area contributed by atoms with Gasteiger partial charge in [0.1, 0.15) is 0 Å². The third kappa shape index (κ3) is 5.59. The van der Waals surface area contributed by atoms with Gasteiger partial charge in [-0.2, -0.15) is 0 Å². The van der Waals surface area contributed by atoms with E-state index in [1.807, 2.05) is 30.3 Å². The number of rotatable bonds is 0. The average molecular weight is 171 g/mol. The SMILES string of the molecule is Nc1ccccc1.S=CS. The Kier molecular flexibility index (Phi) is 6.22. The maximum atomic E-state index is 5.36. The highest BCUT2D eigenvalue weighted by atomic mass is 32.1. The van der Waals surface area contributed by atoms with Crippen LogP contribution in [0.4, 0.5) is 5.69 Å². The van der Waals surface area contributed by atoms with E-state index in [4.69, 9.17) is 5.73 Å². The molecular formula is C7H9NS2. The van der Waals surface area contributed by atoms with Crippen molar-refractivity contribution in [3.63, 3.8) is 0 Å². The number of hydrogen-bond donors (Lipinski definition) is 2. The number of anilines is 1. The summed E-state index contributed by atoms with van der Waals surface area (Å²) in [6.45, 7) is 0. The molecule has 0 saturated heterocycles. The normalized spacial score (nSPS) is 7.30. The molecule has 0 radical (unpaired) electrons. The molecule has 1 nitrogen and oxygen atoms in total. The van der Waals surface area contributed by atoms with E-state index in [1.54, 1.807) is 0 Å². The summed E-state index contributed by atoms with van der Waals surface area (Å²) in [5, 5.41) is 0. The summed E-state index contributed by atoms with van der Waals surface area (Å²) >= 11 is 7.61. The predicted molar refractivity (Wildman–Crippen MR) is 53.5 cm³/mol. The fourth-order valence-corrected chi connectivity index (χ4v) is 0.453. The Balaban J connectivity index is 0.000000236. The van der Waals surface area contributed by atoms with Crippen LogP contribution in [0.5, 0.6) is 0 Å². The average Bonchev–Trinajstić information content (AvgIpc) is 1.91. The fraction of sp³-hybridized carbons (Fsp3) is 0. The molecule has 0 bridgehead atoms. The van der Waals surface area contributed by atoms with Crippen LogP contribution in [0.2, 0.25) is 0 Å². The highest BCUT2D eigenvalue weighted by Crippen LogP contribution is 1.95. The van der Waals surface area contributed by atoms with Crippen molar-refractivity contribution in [1.82, 2.24) is 0 Å². The number of benzene rings is 1. The highest BCUT2D eigenvalue weighted by Gasteiger charge is 1.72. The lowest BCUT2D eigenvalue weighted by atomic mass is 10.3. The number of nitrogen functional groups attached to an aromatic ring is 1. The smallest absolute Gasteiger partial charge is 0.0313 e. The van der Waals surface area contributed by atoms with Crippen LogP contribution < -0.4 is 5.73 Å². The molecule has 1 aromatic rings. The van der Waals surface area contributed by atoms with Crippen LogP contribution in [0.3, 0.4) is 0 Å². The van der Waals surface area contributed by atoms with Crippen LogP contribution in [0.1, 0.15) is 0 Å². The van der Waals surface area contributed by atoms with Crippen molar-refractivity contribution in [2.45, 2.75) is 0 Å². The van der Waals surface area contributed by atoms with Gasteiger partial charge in [0.15, 0.2) is 0 Å². The molecule has 0 amide bonds. The van der Waals surface area contributed by atoms with Crippen LogP contribution in [0.15, 0.2) is 30.3 Å². The molecule has 0 aliphatic rings. The van der Waals surface area contributed by atoms with Crippen LogP contribution in [-0.2, 0) is 0 Å². The van der Waals surface area contributed by atoms with Crippen molar-refractivity contribution in [1.29, 1.82) is 0 Å². The first-order chi connectivity index (χ1) is 4.81. The lowest BCUT2D eigenvalue weighted by Gasteiger charge is -1.83. The van der Waals surface area contributed by atoms with Gasteiger partial charge in [0.05, 0.1) is 0 Å². The first kappa shape index (κ1) is 9.46. The largest absolute Gasteiger partial charge is 0.399 e. The Morgan fingerprint density at radius 1 is 1.30 bits per heavy atom. The van der Waals surface area contributed by atoms with Gasteiger partial charge in [0, 0.05) is 10.4 Å². The molecule has 0 aliphatic heterocycles. The summed E-state index contributed by atoms with van der Waals surface area (Å²) in [4.78, 5) is 0. The molecule has 1 aromatic carbocycles. The summed E-state index contributed by atoms with van der Waals surface area (Å²) in [5.41, 5.74) is 6.18.